The van der Waals surface area contributed by atoms with Crippen molar-refractivity contribution in [3.05, 3.63) is 77.9 Å². The monoisotopic (exact) mass is 460 g/mol. The van der Waals surface area contributed by atoms with Crippen molar-refractivity contribution < 1.29 is 19.1 Å². The minimum Gasteiger partial charge on any atom is -0.497 e. The smallest absolute Gasteiger partial charge is 0.274 e. The molecule has 1 unspecified atom stereocenters. The second kappa shape index (κ2) is 9.69. The standard InChI is InChI=1S/C26H28N4O4/c1-33-21-9-7-20(8-10-21)28-25(31)19-11-13-29(14-12-19)26(32)24-22-16-34-23(15-30(22)17-27-24)18-5-3-2-4-6-18/h2-10,17,19,23H,11-16H2,1H3,(H,28,31). The summed E-state index contributed by atoms with van der Waals surface area (Å²) in [6.07, 6.45) is 2.92. The largest absolute Gasteiger partial charge is 0.497 e. The minimum atomic E-state index is -0.128. The maximum absolute atomic E-state index is 13.2. The quantitative estimate of drug-likeness (QED) is 0.628. The molecule has 1 aromatic heterocycles. The Labute approximate surface area is 198 Å². The van der Waals surface area contributed by atoms with Gasteiger partial charge in [0.15, 0.2) is 5.69 Å². The number of nitrogens with one attached hydrogen (secondary N) is 1. The Morgan fingerprint density at radius 2 is 1.79 bits per heavy atom. The van der Waals surface area contributed by atoms with Gasteiger partial charge in [-0.15, -0.1) is 0 Å². The molecule has 34 heavy (non-hydrogen) atoms. The minimum absolute atomic E-state index is 0.0167. The van der Waals surface area contributed by atoms with Crippen molar-refractivity contribution in [2.75, 3.05) is 25.5 Å². The van der Waals surface area contributed by atoms with Gasteiger partial charge in [-0.25, -0.2) is 4.98 Å². The second-order valence-corrected chi connectivity index (χ2v) is 8.69. The number of benzene rings is 2. The van der Waals surface area contributed by atoms with Crippen LogP contribution in [0.4, 0.5) is 5.69 Å². The molecule has 2 aliphatic heterocycles. The average molecular weight is 461 g/mol. The number of amides is 2. The van der Waals surface area contributed by atoms with Gasteiger partial charge in [-0.1, -0.05) is 30.3 Å². The van der Waals surface area contributed by atoms with Crippen molar-refractivity contribution >= 4 is 17.5 Å². The highest BCUT2D eigenvalue weighted by molar-refractivity contribution is 5.95. The molecule has 0 radical (unpaired) electrons. The number of rotatable bonds is 5. The van der Waals surface area contributed by atoms with Gasteiger partial charge in [-0.2, -0.15) is 0 Å². The summed E-state index contributed by atoms with van der Waals surface area (Å²) in [5.41, 5.74) is 3.12. The maximum atomic E-state index is 13.2. The molecular weight excluding hydrogens is 432 g/mol. The zero-order valence-electron chi connectivity index (χ0n) is 19.1. The fourth-order valence-corrected chi connectivity index (χ4v) is 4.59. The second-order valence-electron chi connectivity index (χ2n) is 8.69. The Bertz CT molecular complexity index is 1150. The van der Waals surface area contributed by atoms with Gasteiger partial charge in [0.25, 0.3) is 5.91 Å². The molecular formula is C26H28N4O4. The zero-order valence-corrected chi connectivity index (χ0v) is 19.1. The Kier molecular flexibility index (Phi) is 6.31. The molecule has 1 fully saturated rings. The fraction of sp³-hybridized carbons (Fsp3) is 0.346. The molecule has 0 saturated carbocycles. The fourth-order valence-electron chi connectivity index (χ4n) is 4.59. The van der Waals surface area contributed by atoms with Crippen molar-refractivity contribution in [2.45, 2.75) is 32.1 Å². The van der Waals surface area contributed by atoms with E-state index in [0.717, 1.165) is 22.7 Å². The highest BCUT2D eigenvalue weighted by Gasteiger charge is 2.32. The molecule has 1 atom stereocenters. The van der Waals surface area contributed by atoms with Gasteiger partial charge in [-0.3, -0.25) is 9.59 Å². The van der Waals surface area contributed by atoms with Crippen molar-refractivity contribution in [2.24, 2.45) is 5.92 Å². The summed E-state index contributed by atoms with van der Waals surface area (Å²) in [5.74, 6) is 0.505. The first-order valence-electron chi connectivity index (χ1n) is 11.6. The van der Waals surface area contributed by atoms with E-state index in [1.807, 2.05) is 59.2 Å². The Balaban J connectivity index is 1.17. The number of hydrogen-bond donors (Lipinski definition) is 1. The molecule has 3 heterocycles. The van der Waals surface area contributed by atoms with Gasteiger partial charge in [0.05, 0.1) is 32.3 Å². The number of methoxy groups -OCH3 is 1. The van der Waals surface area contributed by atoms with Gasteiger partial charge in [0.1, 0.15) is 11.9 Å². The van der Waals surface area contributed by atoms with Crippen LogP contribution in [0.2, 0.25) is 0 Å². The highest BCUT2D eigenvalue weighted by atomic mass is 16.5. The predicted octanol–water partition coefficient (Wildman–Crippen LogP) is 3.65. The third-order valence-corrected chi connectivity index (χ3v) is 6.61. The first kappa shape index (κ1) is 22.2. The molecule has 8 nitrogen and oxygen atoms in total. The molecule has 5 rings (SSSR count). The van der Waals surface area contributed by atoms with Crippen LogP contribution >= 0.6 is 0 Å². The number of piperidine rings is 1. The first-order chi connectivity index (χ1) is 16.6. The number of imidazole rings is 1. The van der Waals surface area contributed by atoms with E-state index in [2.05, 4.69) is 10.3 Å². The highest BCUT2D eigenvalue weighted by Crippen LogP contribution is 2.29. The zero-order chi connectivity index (χ0) is 23.5. The molecule has 2 amide bonds. The average Bonchev–Trinajstić information content (AvgIpc) is 3.32. The van der Waals surface area contributed by atoms with Crippen LogP contribution in [0.15, 0.2) is 60.9 Å². The molecule has 2 aliphatic rings. The van der Waals surface area contributed by atoms with Gasteiger partial charge in [-0.05, 0) is 42.7 Å². The van der Waals surface area contributed by atoms with E-state index in [0.29, 0.717) is 44.8 Å². The van der Waals surface area contributed by atoms with E-state index in [1.165, 1.54) is 0 Å². The van der Waals surface area contributed by atoms with Crippen LogP contribution in [0.25, 0.3) is 0 Å². The van der Waals surface area contributed by atoms with Crippen LogP contribution in [-0.4, -0.2) is 46.5 Å². The third kappa shape index (κ3) is 4.54. The lowest BCUT2D eigenvalue weighted by molar-refractivity contribution is -0.121. The molecule has 0 bridgehead atoms. The Hall–Kier alpha value is -3.65. The molecule has 0 spiro atoms. The molecule has 176 valence electrons. The van der Waals surface area contributed by atoms with Crippen molar-refractivity contribution in [3.63, 3.8) is 0 Å². The number of hydrogen-bond acceptors (Lipinski definition) is 5. The number of carbonyl (C=O) groups excluding carboxylic acids is 2. The van der Waals surface area contributed by atoms with Crippen LogP contribution in [-0.2, 0) is 22.7 Å². The van der Waals surface area contributed by atoms with E-state index in [1.54, 1.807) is 18.3 Å². The van der Waals surface area contributed by atoms with Gasteiger partial charge in [0, 0.05) is 24.7 Å². The summed E-state index contributed by atoms with van der Waals surface area (Å²) >= 11 is 0. The SMILES string of the molecule is COc1ccc(NC(=O)C2CCN(C(=O)c3ncn4c3COC(c3ccccc3)C4)CC2)cc1. The molecule has 1 saturated heterocycles. The Morgan fingerprint density at radius 3 is 2.50 bits per heavy atom. The van der Waals surface area contributed by atoms with Gasteiger partial charge >= 0.3 is 0 Å². The number of likely N-dealkylation sites (tertiary alicyclic amines) is 1. The lowest BCUT2D eigenvalue weighted by atomic mass is 9.95. The number of aromatic nitrogens is 2. The molecule has 0 aliphatic carbocycles. The van der Waals surface area contributed by atoms with Crippen molar-refractivity contribution in [3.8, 4) is 5.75 Å². The molecule has 1 N–H and O–H groups in total. The topological polar surface area (TPSA) is 85.7 Å². The van der Waals surface area contributed by atoms with Crippen LogP contribution in [0.1, 0.15) is 40.7 Å². The number of ether oxygens (including phenoxy) is 2. The van der Waals surface area contributed by atoms with E-state index >= 15 is 0 Å². The number of fused-ring (bicyclic) bond motifs is 1. The normalized spacial score (nSPS) is 18.3. The lowest BCUT2D eigenvalue weighted by Crippen LogP contribution is -2.42. The molecule has 3 aromatic rings. The van der Waals surface area contributed by atoms with E-state index in [4.69, 9.17) is 9.47 Å². The summed E-state index contributed by atoms with van der Waals surface area (Å²) in [6.45, 7) is 2.03. The summed E-state index contributed by atoms with van der Waals surface area (Å²) in [4.78, 5) is 32.1. The maximum Gasteiger partial charge on any atom is 0.274 e. The first-order valence-corrected chi connectivity index (χ1v) is 11.6. The number of carbonyl (C=O) groups is 2. The van der Waals surface area contributed by atoms with Crippen LogP contribution < -0.4 is 10.1 Å². The van der Waals surface area contributed by atoms with Gasteiger partial charge < -0.3 is 24.3 Å². The van der Waals surface area contributed by atoms with Crippen LogP contribution in [0.5, 0.6) is 5.75 Å². The van der Waals surface area contributed by atoms with Crippen LogP contribution in [0, 0.1) is 5.92 Å². The van der Waals surface area contributed by atoms with E-state index in [-0.39, 0.29) is 23.8 Å². The summed E-state index contributed by atoms with van der Waals surface area (Å²) in [7, 11) is 1.61. The number of nitrogens with zero attached hydrogens (tertiary/aromatic N) is 3. The number of anilines is 1. The third-order valence-electron chi connectivity index (χ3n) is 6.61. The summed E-state index contributed by atoms with van der Waals surface area (Å²) in [5, 5.41) is 2.96. The molecule has 8 heteroatoms. The lowest BCUT2D eigenvalue weighted by Gasteiger charge is -2.31. The molecule has 2 aromatic carbocycles. The van der Waals surface area contributed by atoms with Crippen LogP contribution in [0.3, 0.4) is 0 Å². The summed E-state index contributed by atoms with van der Waals surface area (Å²) < 4.78 is 13.2. The van der Waals surface area contributed by atoms with E-state index in [9.17, 15) is 9.59 Å². The summed E-state index contributed by atoms with van der Waals surface area (Å²) in [6, 6.07) is 17.3. The van der Waals surface area contributed by atoms with Crippen molar-refractivity contribution in [1.29, 1.82) is 0 Å². The van der Waals surface area contributed by atoms with Crippen molar-refractivity contribution in [1.82, 2.24) is 14.5 Å². The van der Waals surface area contributed by atoms with E-state index < -0.39 is 0 Å². The predicted molar refractivity (Wildman–Crippen MR) is 126 cm³/mol. The van der Waals surface area contributed by atoms with Gasteiger partial charge in [0.2, 0.25) is 5.91 Å². The Morgan fingerprint density at radius 1 is 1.06 bits per heavy atom.